The van der Waals surface area contributed by atoms with Crippen LogP contribution in [0.15, 0.2) is 36.7 Å². The molecule has 2 nitrogen and oxygen atoms in total. The van der Waals surface area contributed by atoms with E-state index in [9.17, 15) is 13.2 Å². The molecule has 103 valence electrons. The fraction of sp³-hybridized carbons (Fsp3) is 0.143. The van der Waals surface area contributed by atoms with E-state index in [0.29, 0.717) is 5.15 Å². The molecular weight excluding hydrogens is 289 g/mol. The second kappa shape index (κ2) is 6.05. The number of aromatic nitrogens is 2. The lowest BCUT2D eigenvalue weighted by Crippen LogP contribution is -2.06. The Labute approximate surface area is 118 Å². The first-order valence-electron chi connectivity index (χ1n) is 5.67. The fourth-order valence-electron chi connectivity index (χ4n) is 1.49. The monoisotopic (exact) mass is 297 g/mol. The third-order valence-electron chi connectivity index (χ3n) is 2.43. The van der Waals surface area contributed by atoms with Crippen molar-refractivity contribution in [1.29, 1.82) is 0 Å². The van der Waals surface area contributed by atoms with Gasteiger partial charge in [0.15, 0.2) is 0 Å². The maximum Gasteiger partial charge on any atom is 0.417 e. The minimum atomic E-state index is -4.40. The number of pyridine rings is 2. The van der Waals surface area contributed by atoms with Crippen molar-refractivity contribution in [1.82, 2.24) is 9.97 Å². The lowest BCUT2D eigenvalue weighted by Gasteiger charge is -2.06. The summed E-state index contributed by atoms with van der Waals surface area (Å²) in [7, 11) is 0. The van der Waals surface area contributed by atoms with Gasteiger partial charge in [0.1, 0.15) is 5.15 Å². The summed E-state index contributed by atoms with van der Waals surface area (Å²) in [5.41, 5.74) is 0.225. The number of rotatable bonds is 3. The van der Waals surface area contributed by atoms with Gasteiger partial charge in [0.25, 0.3) is 0 Å². The summed E-state index contributed by atoms with van der Waals surface area (Å²) >= 11 is 5.64. The lowest BCUT2D eigenvalue weighted by atomic mass is 10.1. The zero-order valence-corrected chi connectivity index (χ0v) is 10.9. The zero-order valence-electron chi connectivity index (χ0n) is 10.2. The molecule has 0 atom stereocenters. The molecule has 2 heterocycles. The highest BCUT2D eigenvalue weighted by atomic mass is 35.5. The highest BCUT2D eigenvalue weighted by Crippen LogP contribution is 2.28. The number of allylic oxidation sites excluding steroid dienone is 1. The number of hydrogen-bond donors (Lipinski definition) is 0. The van der Waals surface area contributed by atoms with Crippen molar-refractivity contribution in [3.63, 3.8) is 0 Å². The van der Waals surface area contributed by atoms with E-state index in [0.717, 1.165) is 17.8 Å². The van der Waals surface area contributed by atoms with Crippen molar-refractivity contribution in [3.8, 4) is 0 Å². The molecule has 2 aromatic heterocycles. The Balaban J connectivity index is 2.05. The minimum Gasteiger partial charge on any atom is -0.260 e. The Kier molecular flexibility index (Phi) is 4.39. The van der Waals surface area contributed by atoms with Gasteiger partial charge in [-0.25, -0.2) is 4.98 Å². The zero-order chi connectivity index (χ0) is 14.6. The first-order valence-corrected chi connectivity index (χ1v) is 6.05. The molecule has 0 fully saturated rings. The molecule has 0 saturated heterocycles. The number of nitrogens with zero attached hydrogens (tertiary/aromatic N) is 2. The smallest absolute Gasteiger partial charge is 0.260 e. The van der Waals surface area contributed by atoms with Crippen LogP contribution in [0.2, 0.25) is 5.15 Å². The van der Waals surface area contributed by atoms with Crippen LogP contribution in [-0.4, -0.2) is 9.97 Å². The van der Waals surface area contributed by atoms with Crippen molar-refractivity contribution < 1.29 is 13.2 Å². The first-order chi connectivity index (χ1) is 9.45. The Morgan fingerprint density at radius 2 is 2.00 bits per heavy atom. The van der Waals surface area contributed by atoms with Gasteiger partial charge in [0, 0.05) is 24.9 Å². The Morgan fingerprint density at radius 3 is 2.65 bits per heavy atom. The molecule has 0 aliphatic rings. The van der Waals surface area contributed by atoms with Gasteiger partial charge in [-0.15, -0.1) is 0 Å². The molecule has 0 spiro atoms. The van der Waals surface area contributed by atoms with Crippen LogP contribution in [0.5, 0.6) is 0 Å². The Morgan fingerprint density at radius 1 is 1.20 bits per heavy atom. The molecule has 1 radical (unpaired) electrons. The Bertz CT molecular complexity index is 607. The summed E-state index contributed by atoms with van der Waals surface area (Å²) in [6, 6.07) is 6.55. The van der Waals surface area contributed by atoms with Crippen LogP contribution in [0.1, 0.15) is 16.8 Å². The summed E-state index contributed by atoms with van der Waals surface area (Å²) < 4.78 is 37.5. The van der Waals surface area contributed by atoms with Gasteiger partial charge in [-0.2, -0.15) is 13.2 Å². The highest BCUT2D eigenvalue weighted by molar-refractivity contribution is 6.29. The highest BCUT2D eigenvalue weighted by Gasteiger charge is 2.30. The van der Waals surface area contributed by atoms with Crippen LogP contribution in [0, 0.1) is 6.07 Å². The molecular formula is C14H9ClF3N2. The third kappa shape index (κ3) is 4.06. The van der Waals surface area contributed by atoms with E-state index in [1.54, 1.807) is 30.5 Å². The summed E-state index contributed by atoms with van der Waals surface area (Å²) in [6.07, 6.45) is 1.99. The first kappa shape index (κ1) is 14.5. The topological polar surface area (TPSA) is 25.8 Å². The summed E-state index contributed by atoms with van der Waals surface area (Å²) in [5.74, 6) is 0. The molecule has 0 unspecified atom stereocenters. The predicted octanol–water partition coefficient (Wildman–Crippen LogP) is 4.20. The van der Waals surface area contributed by atoms with E-state index in [2.05, 4.69) is 16.0 Å². The average molecular weight is 298 g/mol. The maximum absolute atomic E-state index is 12.5. The molecule has 0 N–H and O–H groups in total. The molecule has 0 amide bonds. The van der Waals surface area contributed by atoms with E-state index in [4.69, 9.17) is 11.6 Å². The molecule has 6 heteroatoms. The van der Waals surface area contributed by atoms with Crippen molar-refractivity contribution in [2.45, 2.75) is 12.6 Å². The predicted molar refractivity (Wildman–Crippen MR) is 70.1 cm³/mol. The molecule has 0 bridgehead atoms. The van der Waals surface area contributed by atoms with Gasteiger partial charge < -0.3 is 0 Å². The standard InChI is InChI=1S/C14H9ClF3N2/c15-13-5-4-10(9-20-13)2-1-3-12-8-11(6-7-19-12)14(16,17)18/h1-2,4-7,9H,3H2. The van der Waals surface area contributed by atoms with Crippen molar-refractivity contribution in [2.75, 3.05) is 0 Å². The van der Waals surface area contributed by atoms with Gasteiger partial charge in [0.2, 0.25) is 0 Å². The van der Waals surface area contributed by atoms with E-state index in [-0.39, 0.29) is 12.1 Å². The SMILES string of the molecule is FC(F)(F)c1[c]c(CC=Cc2ccc(Cl)nc2)ncc1. The van der Waals surface area contributed by atoms with Gasteiger partial charge in [-0.05, 0) is 17.7 Å². The molecule has 20 heavy (non-hydrogen) atoms. The van der Waals surface area contributed by atoms with Gasteiger partial charge in [0.05, 0.1) is 11.3 Å². The maximum atomic E-state index is 12.5. The molecule has 0 saturated carbocycles. The second-order valence-corrected chi connectivity index (χ2v) is 4.34. The quantitative estimate of drug-likeness (QED) is 0.793. The van der Waals surface area contributed by atoms with Crippen LogP contribution in [0.25, 0.3) is 6.08 Å². The van der Waals surface area contributed by atoms with E-state index in [1.165, 1.54) is 0 Å². The van der Waals surface area contributed by atoms with Crippen LogP contribution >= 0.6 is 11.6 Å². The second-order valence-electron chi connectivity index (χ2n) is 3.95. The van der Waals surface area contributed by atoms with E-state index in [1.807, 2.05) is 0 Å². The van der Waals surface area contributed by atoms with Crippen molar-refractivity contribution in [3.05, 3.63) is 64.7 Å². The Hall–Kier alpha value is -1.88. The van der Waals surface area contributed by atoms with E-state index >= 15 is 0 Å². The van der Waals surface area contributed by atoms with Crippen LogP contribution in [-0.2, 0) is 12.6 Å². The van der Waals surface area contributed by atoms with Crippen molar-refractivity contribution in [2.24, 2.45) is 0 Å². The third-order valence-corrected chi connectivity index (χ3v) is 2.65. The number of hydrogen-bond acceptors (Lipinski definition) is 2. The molecule has 0 aliphatic carbocycles. The summed E-state index contributed by atoms with van der Waals surface area (Å²) in [4.78, 5) is 7.75. The van der Waals surface area contributed by atoms with Crippen molar-refractivity contribution >= 4 is 17.7 Å². The van der Waals surface area contributed by atoms with Crippen LogP contribution in [0.4, 0.5) is 13.2 Å². The molecule has 2 rings (SSSR count). The van der Waals surface area contributed by atoms with Crippen LogP contribution in [0.3, 0.4) is 0 Å². The van der Waals surface area contributed by atoms with E-state index < -0.39 is 11.7 Å². The van der Waals surface area contributed by atoms with Gasteiger partial charge in [-0.1, -0.05) is 29.8 Å². The normalized spacial score (nSPS) is 12.0. The van der Waals surface area contributed by atoms with Gasteiger partial charge in [-0.3, -0.25) is 4.98 Å². The van der Waals surface area contributed by atoms with Crippen LogP contribution < -0.4 is 0 Å². The minimum absolute atomic E-state index is 0.234. The number of halogens is 4. The molecule has 0 aromatic carbocycles. The molecule has 0 aliphatic heterocycles. The lowest BCUT2D eigenvalue weighted by molar-refractivity contribution is -0.137. The largest absolute Gasteiger partial charge is 0.417 e. The summed E-state index contributed by atoms with van der Waals surface area (Å²) in [5, 5.41) is 0.384. The average Bonchev–Trinajstić information content (AvgIpc) is 2.40. The van der Waals surface area contributed by atoms with Gasteiger partial charge >= 0.3 is 6.18 Å². The molecule has 2 aromatic rings. The fourth-order valence-corrected chi connectivity index (χ4v) is 1.60. The number of alkyl halides is 3. The summed E-state index contributed by atoms with van der Waals surface area (Å²) in [6.45, 7) is 0.